The second-order valence-corrected chi connectivity index (χ2v) is 11.1. The smallest absolute Gasteiger partial charge is 0.330 e. The predicted molar refractivity (Wildman–Crippen MR) is 117 cm³/mol. The Morgan fingerprint density at radius 3 is 2.83 bits per heavy atom. The normalized spacial score (nSPS) is 47.6. The highest BCUT2D eigenvalue weighted by Crippen LogP contribution is 2.69. The number of fused-ring (bicyclic) bond motifs is 8. The van der Waals surface area contributed by atoms with E-state index in [-0.39, 0.29) is 11.4 Å². The van der Waals surface area contributed by atoms with Crippen molar-refractivity contribution in [1.82, 2.24) is 5.32 Å². The third-order valence-electron chi connectivity index (χ3n) is 9.92. The van der Waals surface area contributed by atoms with Crippen molar-refractivity contribution in [3.8, 4) is 0 Å². The van der Waals surface area contributed by atoms with Crippen molar-refractivity contribution in [3.63, 3.8) is 0 Å². The number of carbonyl (C=O) groups is 2. The van der Waals surface area contributed by atoms with Gasteiger partial charge < -0.3 is 10.1 Å². The second-order valence-electron chi connectivity index (χ2n) is 11.1. The van der Waals surface area contributed by atoms with E-state index in [1.807, 2.05) is 13.0 Å². The minimum Gasteiger partial charge on any atom is -0.463 e. The summed E-state index contributed by atoms with van der Waals surface area (Å²) in [6.45, 7) is 9.56. The fourth-order valence-corrected chi connectivity index (χ4v) is 8.45. The van der Waals surface area contributed by atoms with E-state index in [0.29, 0.717) is 47.6 Å². The summed E-state index contributed by atoms with van der Waals surface area (Å²) in [5, 5.41) is 3.81. The van der Waals surface area contributed by atoms with Gasteiger partial charge in [-0.1, -0.05) is 26.8 Å². The molecule has 5 rings (SSSR count). The van der Waals surface area contributed by atoms with Gasteiger partial charge in [0, 0.05) is 24.6 Å². The lowest BCUT2D eigenvalue weighted by Gasteiger charge is -2.57. The van der Waals surface area contributed by atoms with Crippen molar-refractivity contribution >= 4 is 11.8 Å². The quantitative estimate of drug-likeness (QED) is 0.422. The van der Waals surface area contributed by atoms with Crippen LogP contribution in [0.5, 0.6) is 0 Å². The maximum absolute atomic E-state index is 12.1. The topological polar surface area (TPSA) is 65.3 Å². The molecule has 0 aromatic carbocycles. The van der Waals surface area contributed by atoms with Crippen LogP contribution in [0.2, 0.25) is 0 Å². The molecule has 30 heavy (non-hydrogen) atoms. The Hall–Kier alpha value is -1.42. The summed E-state index contributed by atoms with van der Waals surface area (Å²) in [4.78, 5) is 23.9. The minimum absolute atomic E-state index is 0.206. The van der Waals surface area contributed by atoms with Crippen LogP contribution < -0.4 is 5.32 Å². The number of esters is 1. The van der Waals surface area contributed by atoms with Crippen molar-refractivity contribution in [1.29, 1.82) is 0 Å². The zero-order chi connectivity index (χ0) is 21.3. The summed E-state index contributed by atoms with van der Waals surface area (Å²) in [5.41, 5.74) is 1.98. The molecular formula is C26H37NO3. The fourth-order valence-electron chi connectivity index (χ4n) is 8.45. The largest absolute Gasteiger partial charge is 0.463 e. The molecule has 1 N–H and O–H groups in total. The average Bonchev–Trinajstić information content (AvgIpc) is 3.42. The van der Waals surface area contributed by atoms with E-state index in [2.05, 4.69) is 32.2 Å². The average molecular weight is 412 g/mol. The molecule has 1 saturated heterocycles. The highest BCUT2D eigenvalue weighted by atomic mass is 16.5. The molecular weight excluding hydrogens is 374 g/mol. The highest BCUT2D eigenvalue weighted by molar-refractivity contribution is 5.92. The molecule has 0 bridgehead atoms. The molecule has 4 aliphatic carbocycles. The molecule has 0 radical (unpaired) electrons. The molecule has 1 heterocycles. The van der Waals surface area contributed by atoms with Gasteiger partial charge >= 0.3 is 5.97 Å². The van der Waals surface area contributed by atoms with E-state index < -0.39 is 0 Å². The van der Waals surface area contributed by atoms with Gasteiger partial charge in [0.25, 0.3) is 0 Å². The van der Waals surface area contributed by atoms with Crippen LogP contribution in [-0.2, 0) is 14.3 Å². The van der Waals surface area contributed by atoms with E-state index in [1.54, 1.807) is 6.08 Å². The maximum atomic E-state index is 12.1. The molecule has 3 unspecified atom stereocenters. The van der Waals surface area contributed by atoms with E-state index in [1.165, 1.54) is 31.3 Å². The van der Waals surface area contributed by atoms with Gasteiger partial charge in [-0.25, -0.2) is 4.79 Å². The standard InChI is InChI=1S/C26H37NO3/c1-5-30-21(29)9-6-15(2)17-7-8-18-22-19(11-13-25(17,18)3)26(4)12-10-16(28)14-20(26)23-24(22)27-23/h6,9,14-15,17-19,22-24,27H,5,7-8,10-13H2,1-4H3/b9-6+/t15-,17-,18?,19?,22?,23+,24-,25-,26-/m1/s1. The van der Waals surface area contributed by atoms with Crippen LogP contribution in [0.1, 0.15) is 66.2 Å². The van der Waals surface area contributed by atoms with Gasteiger partial charge in [0.05, 0.1) is 6.61 Å². The first-order valence-electron chi connectivity index (χ1n) is 12.2. The first-order valence-corrected chi connectivity index (χ1v) is 12.2. The molecule has 3 saturated carbocycles. The zero-order valence-electron chi connectivity index (χ0n) is 18.9. The van der Waals surface area contributed by atoms with Crippen molar-refractivity contribution in [3.05, 3.63) is 23.8 Å². The van der Waals surface area contributed by atoms with Gasteiger partial charge in [-0.05, 0) is 91.1 Å². The number of allylic oxidation sites excluding steroid dienone is 1. The molecule has 0 spiro atoms. The number of nitrogens with one attached hydrogen (secondary N) is 1. The third-order valence-corrected chi connectivity index (χ3v) is 9.92. The molecule has 5 aliphatic rings. The Morgan fingerprint density at radius 1 is 1.27 bits per heavy atom. The third kappa shape index (κ3) is 2.89. The van der Waals surface area contributed by atoms with E-state index in [0.717, 1.165) is 24.7 Å². The molecule has 0 aromatic rings. The number of hydrogen-bond acceptors (Lipinski definition) is 4. The number of hydrogen-bond donors (Lipinski definition) is 1. The molecule has 4 nitrogen and oxygen atoms in total. The molecule has 4 heteroatoms. The first-order chi connectivity index (χ1) is 14.3. The zero-order valence-corrected chi connectivity index (χ0v) is 18.9. The van der Waals surface area contributed by atoms with Gasteiger partial charge in [0.2, 0.25) is 0 Å². The van der Waals surface area contributed by atoms with Crippen LogP contribution in [0, 0.1) is 40.4 Å². The van der Waals surface area contributed by atoms with Gasteiger partial charge in [-0.3, -0.25) is 4.79 Å². The van der Waals surface area contributed by atoms with E-state index in [4.69, 9.17) is 4.74 Å². The lowest BCUT2D eigenvalue weighted by molar-refractivity contribution is -0.137. The Labute approximate surface area is 180 Å². The summed E-state index contributed by atoms with van der Waals surface area (Å²) >= 11 is 0. The summed E-state index contributed by atoms with van der Waals surface area (Å²) in [6.07, 6.45) is 12.6. The molecule has 1 aliphatic heterocycles. The molecule has 9 atom stereocenters. The number of ketones is 1. The number of ether oxygens (including phenoxy) is 1. The summed E-state index contributed by atoms with van der Waals surface area (Å²) in [5.74, 6) is 3.32. The predicted octanol–water partition coefficient (Wildman–Crippen LogP) is 4.45. The Bertz CT molecular complexity index is 815. The van der Waals surface area contributed by atoms with Crippen molar-refractivity contribution < 1.29 is 14.3 Å². The molecule has 164 valence electrons. The number of carbonyl (C=O) groups excluding carboxylic acids is 2. The fraction of sp³-hybridized carbons (Fsp3) is 0.769. The molecule has 0 aromatic heterocycles. The summed E-state index contributed by atoms with van der Waals surface area (Å²) < 4.78 is 5.08. The minimum atomic E-state index is -0.218. The van der Waals surface area contributed by atoms with Crippen molar-refractivity contribution in [2.75, 3.05) is 6.61 Å². The van der Waals surface area contributed by atoms with Gasteiger partial charge in [-0.15, -0.1) is 0 Å². The van der Waals surface area contributed by atoms with Crippen LogP contribution in [0.15, 0.2) is 23.8 Å². The molecule has 0 amide bonds. The van der Waals surface area contributed by atoms with Crippen molar-refractivity contribution in [2.24, 2.45) is 40.4 Å². The molecule has 4 fully saturated rings. The van der Waals surface area contributed by atoms with E-state index in [9.17, 15) is 9.59 Å². The Kier molecular flexibility index (Phi) is 4.81. The lowest BCUT2D eigenvalue weighted by Crippen LogP contribution is -2.53. The summed E-state index contributed by atoms with van der Waals surface area (Å²) in [6, 6.07) is 1.03. The van der Waals surface area contributed by atoms with E-state index >= 15 is 0 Å². The Balaban J connectivity index is 1.39. The van der Waals surface area contributed by atoms with Crippen LogP contribution in [0.3, 0.4) is 0 Å². The van der Waals surface area contributed by atoms with Crippen LogP contribution >= 0.6 is 0 Å². The second kappa shape index (κ2) is 7.05. The van der Waals surface area contributed by atoms with Crippen molar-refractivity contribution in [2.45, 2.75) is 78.3 Å². The van der Waals surface area contributed by atoms with Crippen LogP contribution in [0.25, 0.3) is 0 Å². The number of rotatable bonds is 4. The van der Waals surface area contributed by atoms with Gasteiger partial charge in [0.1, 0.15) is 0 Å². The van der Waals surface area contributed by atoms with Gasteiger partial charge in [-0.2, -0.15) is 0 Å². The van der Waals surface area contributed by atoms with Gasteiger partial charge in [0.15, 0.2) is 5.78 Å². The first kappa shape index (κ1) is 20.5. The SMILES string of the molecule is CCOC(=O)/C=C/[C@@H](C)[C@H]1CCC2C3C(CC[C@@]21C)[C@@]1(C)CCC(=O)C=C1[C@@H]1N[C@H]31. The monoisotopic (exact) mass is 411 g/mol. The summed E-state index contributed by atoms with van der Waals surface area (Å²) in [7, 11) is 0. The van der Waals surface area contributed by atoms with Crippen LogP contribution in [0.4, 0.5) is 0 Å². The lowest BCUT2D eigenvalue weighted by atomic mass is 9.46. The highest BCUT2D eigenvalue weighted by Gasteiger charge is 2.67. The Morgan fingerprint density at radius 2 is 2.07 bits per heavy atom. The maximum Gasteiger partial charge on any atom is 0.330 e. The van der Waals surface area contributed by atoms with Crippen LogP contribution in [-0.4, -0.2) is 30.4 Å².